The molecule has 0 fully saturated rings. The number of aryl methyl sites for hydroxylation is 1. The largest absolute Gasteiger partial charge is 0.480 e. The summed E-state index contributed by atoms with van der Waals surface area (Å²) < 4.78 is 0. The van der Waals surface area contributed by atoms with Gasteiger partial charge < -0.3 is 32.1 Å². The van der Waals surface area contributed by atoms with Crippen LogP contribution in [0.1, 0.15) is 71.9 Å². The number of carbonyl (C=O) groups is 5. The number of nitrogens with one attached hydrogen (secondary N) is 4. The number of aliphatic carboxylic acids is 1. The van der Waals surface area contributed by atoms with Crippen LogP contribution in [0.25, 0.3) is 0 Å². The molecule has 0 unspecified atom stereocenters. The van der Waals surface area contributed by atoms with Crippen molar-refractivity contribution < 1.29 is 29.1 Å². The molecular formula is C36H53N5O6. The van der Waals surface area contributed by atoms with Gasteiger partial charge in [-0.25, -0.2) is 4.79 Å². The molecule has 0 aliphatic heterocycles. The Morgan fingerprint density at radius 1 is 0.681 bits per heavy atom. The van der Waals surface area contributed by atoms with E-state index in [1.165, 1.54) is 0 Å². The lowest BCUT2D eigenvalue weighted by Crippen LogP contribution is -2.58. The number of benzene rings is 2. The second kappa shape index (κ2) is 19.4. The summed E-state index contributed by atoms with van der Waals surface area (Å²) in [5, 5.41) is 20.7. The lowest BCUT2D eigenvalue weighted by molar-refractivity contribution is -0.143. The number of nitrogens with two attached hydrogens (primary N) is 1. The van der Waals surface area contributed by atoms with Gasteiger partial charge in [-0.05, 0) is 41.7 Å². The van der Waals surface area contributed by atoms with Crippen LogP contribution < -0.4 is 27.0 Å². The van der Waals surface area contributed by atoms with E-state index in [1.54, 1.807) is 20.8 Å². The van der Waals surface area contributed by atoms with Crippen LogP contribution >= 0.6 is 0 Å². The summed E-state index contributed by atoms with van der Waals surface area (Å²) in [7, 11) is 0. The molecule has 4 amide bonds. The molecular weight excluding hydrogens is 598 g/mol. The summed E-state index contributed by atoms with van der Waals surface area (Å²) in [6.45, 7) is 10.7. The van der Waals surface area contributed by atoms with Gasteiger partial charge in [0.05, 0.1) is 0 Å². The molecule has 2 aromatic carbocycles. The molecule has 11 heteroatoms. The molecule has 0 aliphatic carbocycles. The highest BCUT2D eigenvalue weighted by molar-refractivity contribution is 5.91. The molecule has 258 valence electrons. The average Bonchev–Trinajstić information content (AvgIpc) is 3.03. The van der Waals surface area contributed by atoms with Crippen LogP contribution in [0, 0.1) is 17.8 Å². The quantitative estimate of drug-likeness (QED) is 0.135. The fourth-order valence-electron chi connectivity index (χ4n) is 5.18. The minimum atomic E-state index is -1.16. The molecule has 7 N–H and O–H groups in total. The Kier molecular flexibility index (Phi) is 16.1. The van der Waals surface area contributed by atoms with Crippen LogP contribution in [-0.4, -0.2) is 64.9 Å². The summed E-state index contributed by atoms with van der Waals surface area (Å²) in [5.74, 6) is -3.76. The van der Waals surface area contributed by atoms with E-state index in [4.69, 9.17) is 5.73 Å². The summed E-state index contributed by atoms with van der Waals surface area (Å²) in [6, 6.07) is 14.6. The van der Waals surface area contributed by atoms with E-state index < -0.39 is 53.9 Å². The highest BCUT2D eigenvalue weighted by Crippen LogP contribution is 2.14. The molecule has 11 nitrogen and oxygen atoms in total. The van der Waals surface area contributed by atoms with Gasteiger partial charge in [0, 0.05) is 24.9 Å². The Morgan fingerprint density at radius 2 is 1.19 bits per heavy atom. The van der Waals surface area contributed by atoms with Crippen LogP contribution in [0.15, 0.2) is 60.7 Å². The predicted octanol–water partition coefficient (Wildman–Crippen LogP) is 2.96. The molecule has 2 aromatic rings. The first-order valence-corrected chi connectivity index (χ1v) is 16.5. The van der Waals surface area contributed by atoms with Crippen molar-refractivity contribution in [3.8, 4) is 0 Å². The highest BCUT2D eigenvalue weighted by atomic mass is 16.4. The molecule has 6 atom stereocenters. The molecule has 0 spiro atoms. The SMILES string of the molecule is CC[C@H](C)[C@H](NC(=O)C[C@H](N)[C@H](Cc1ccccc1)NC(=O)[C@@H](NC(=O)CCc1ccccc1)C(C)C)C(=O)N[C@H](C(=O)O)C(C)C. The molecule has 0 radical (unpaired) electrons. The topological polar surface area (TPSA) is 180 Å². The lowest BCUT2D eigenvalue weighted by Gasteiger charge is -2.30. The zero-order chi connectivity index (χ0) is 35.1. The smallest absolute Gasteiger partial charge is 0.326 e. The zero-order valence-electron chi connectivity index (χ0n) is 28.5. The van der Waals surface area contributed by atoms with Gasteiger partial charge in [-0.3, -0.25) is 19.2 Å². The standard InChI is InChI=1S/C36H53N5O6/c1-7-24(6)33(35(45)41-32(23(4)5)36(46)47)40-30(43)21-27(37)28(20-26-16-12-9-13-17-26)38-34(44)31(22(2)3)39-29(42)19-18-25-14-10-8-11-15-25/h8-17,22-24,27-28,31-33H,7,18-21,37H2,1-6H3,(H,38,44)(H,39,42)(H,40,43)(H,41,45)(H,46,47)/t24-,27-,28-,31-,32-,33-/m0/s1. The molecule has 0 bridgehead atoms. The Hall–Kier alpha value is -4.25. The number of rotatable bonds is 19. The summed E-state index contributed by atoms with van der Waals surface area (Å²) in [6.07, 6.45) is 1.45. The molecule has 2 rings (SSSR count). The van der Waals surface area contributed by atoms with Crippen molar-refractivity contribution in [3.63, 3.8) is 0 Å². The van der Waals surface area contributed by atoms with Gasteiger partial charge in [-0.2, -0.15) is 0 Å². The maximum absolute atomic E-state index is 13.6. The summed E-state index contributed by atoms with van der Waals surface area (Å²) >= 11 is 0. The van der Waals surface area contributed by atoms with Gasteiger partial charge in [-0.15, -0.1) is 0 Å². The second-order valence-electron chi connectivity index (χ2n) is 12.9. The normalized spacial score (nSPS) is 15.1. The van der Waals surface area contributed by atoms with Crippen molar-refractivity contribution in [2.45, 2.75) is 104 Å². The van der Waals surface area contributed by atoms with Gasteiger partial charge in [0.15, 0.2) is 0 Å². The Morgan fingerprint density at radius 3 is 1.70 bits per heavy atom. The number of carbonyl (C=O) groups excluding carboxylic acids is 4. The molecule has 0 heterocycles. The van der Waals surface area contributed by atoms with Gasteiger partial charge in [0.2, 0.25) is 23.6 Å². The van der Waals surface area contributed by atoms with E-state index in [0.717, 1.165) is 11.1 Å². The minimum Gasteiger partial charge on any atom is -0.480 e. The van der Waals surface area contributed by atoms with Crippen LogP contribution in [0.5, 0.6) is 0 Å². The van der Waals surface area contributed by atoms with E-state index >= 15 is 0 Å². The Labute approximate surface area is 278 Å². The average molecular weight is 652 g/mol. The second-order valence-corrected chi connectivity index (χ2v) is 12.9. The van der Waals surface area contributed by atoms with Crippen molar-refractivity contribution >= 4 is 29.6 Å². The summed E-state index contributed by atoms with van der Waals surface area (Å²) in [4.78, 5) is 64.6. The third kappa shape index (κ3) is 13.2. The zero-order valence-corrected chi connectivity index (χ0v) is 28.5. The van der Waals surface area contributed by atoms with E-state index in [0.29, 0.717) is 19.3 Å². The molecule has 0 aromatic heterocycles. The van der Waals surface area contributed by atoms with Crippen molar-refractivity contribution in [2.75, 3.05) is 0 Å². The van der Waals surface area contributed by atoms with Crippen molar-refractivity contribution in [1.82, 2.24) is 21.3 Å². The van der Waals surface area contributed by atoms with Crippen molar-refractivity contribution in [1.29, 1.82) is 0 Å². The maximum Gasteiger partial charge on any atom is 0.326 e. The van der Waals surface area contributed by atoms with Crippen LogP contribution in [-0.2, 0) is 36.8 Å². The number of hydrogen-bond acceptors (Lipinski definition) is 6. The molecule has 47 heavy (non-hydrogen) atoms. The monoisotopic (exact) mass is 651 g/mol. The number of amides is 4. The van der Waals surface area contributed by atoms with Gasteiger partial charge in [0.25, 0.3) is 0 Å². The Bertz CT molecular complexity index is 1300. The van der Waals surface area contributed by atoms with Gasteiger partial charge >= 0.3 is 5.97 Å². The van der Waals surface area contributed by atoms with Crippen molar-refractivity contribution in [3.05, 3.63) is 71.8 Å². The van der Waals surface area contributed by atoms with Gasteiger partial charge in [-0.1, -0.05) is 109 Å². The van der Waals surface area contributed by atoms with E-state index in [2.05, 4.69) is 21.3 Å². The fraction of sp³-hybridized carbons (Fsp3) is 0.528. The van der Waals surface area contributed by atoms with E-state index in [-0.39, 0.29) is 36.5 Å². The van der Waals surface area contributed by atoms with E-state index in [9.17, 15) is 29.1 Å². The number of carboxylic acid groups (broad SMARTS) is 1. The van der Waals surface area contributed by atoms with Crippen LogP contribution in [0.4, 0.5) is 0 Å². The fourth-order valence-corrected chi connectivity index (χ4v) is 5.18. The first kappa shape index (κ1) is 38.9. The Balaban J connectivity index is 2.17. The number of hydrogen-bond donors (Lipinski definition) is 6. The first-order chi connectivity index (χ1) is 22.2. The van der Waals surface area contributed by atoms with E-state index in [1.807, 2.05) is 81.4 Å². The lowest BCUT2D eigenvalue weighted by atomic mass is 9.94. The molecule has 0 saturated carbocycles. The maximum atomic E-state index is 13.6. The molecule has 0 aliphatic rings. The third-order valence-corrected chi connectivity index (χ3v) is 8.36. The summed E-state index contributed by atoms with van der Waals surface area (Å²) in [5.41, 5.74) is 8.50. The number of carboxylic acids is 1. The van der Waals surface area contributed by atoms with Crippen LogP contribution in [0.2, 0.25) is 0 Å². The van der Waals surface area contributed by atoms with Crippen molar-refractivity contribution in [2.24, 2.45) is 23.5 Å². The minimum absolute atomic E-state index is 0.208. The third-order valence-electron chi connectivity index (χ3n) is 8.36. The predicted molar refractivity (Wildman–Crippen MR) is 182 cm³/mol. The van der Waals surface area contributed by atoms with Crippen LogP contribution in [0.3, 0.4) is 0 Å². The molecule has 0 saturated heterocycles. The van der Waals surface area contributed by atoms with Gasteiger partial charge in [0.1, 0.15) is 18.1 Å². The first-order valence-electron chi connectivity index (χ1n) is 16.5. The highest BCUT2D eigenvalue weighted by Gasteiger charge is 2.33.